The summed E-state index contributed by atoms with van der Waals surface area (Å²) >= 11 is 0. The minimum absolute atomic E-state index is 0.0296. The van der Waals surface area contributed by atoms with Gasteiger partial charge in [-0.3, -0.25) is 14.5 Å². The van der Waals surface area contributed by atoms with E-state index in [0.717, 1.165) is 12.1 Å². The molecule has 0 bridgehead atoms. The van der Waals surface area contributed by atoms with Crippen LogP contribution in [0.15, 0.2) is 72.3 Å². The zero-order valence-corrected chi connectivity index (χ0v) is 23.6. The number of amides is 1. The number of carbonyl (C=O) groups excluding carboxylic acids is 2. The van der Waals surface area contributed by atoms with E-state index >= 15 is 0 Å². The fraction of sp³-hybridized carbons (Fsp3) is 0.312. The SMILES string of the molecule is CCCOc1ccccc1N1C(=O)C(=O)/C(=C(\O)c2ccc(OCC)cc2OCC)C1c1ccc(N(C)C)cc1. The molecule has 3 aromatic carbocycles. The standard InChI is InChI=1S/C32H36N2O6/c1-6-19-40-26-12-10-9-11-25(26)34-29(21-13-15-22(16-14-21)33(4)5)28(31(36)32(34)37)30(35)24-18-17-23(38-7-2)20-27(24)39-8-3/h9-18,20,29,35H,6-8,19H2,1-5H3/b30-28-. The third-order valence-corrected chi connectivity index (χ3v) is 6.58. The van der Waals surface area contributed by atoms with Crippen LogP contribution in [0.5, 0.6) is 17.2 Å². The van der Waals surface area contributed by atoms with Crippen molar-refractivity contribution in [2.45, 2.75) is 33.2 Å². The van der Waals surface area contributed by atoms with E-state index in [2.05, 4.69) is 0 Å². The van der Waals surface area contributed by atoms with Gasteiger partial charge < -0.3 is 24.2 Å². The van der Waals surface area contributed by atoms with E-state index in [9.17, 15) is 14.7 Å². The molecule has 8 heteroatoms. The van der Waals surface area contributed by atoms with Gasteiger partial charge >= 0.3 is 0 Å². The van der Waals surface area contributed by atoms with E-state index in [1.807, 2.05) is 70.1 Å². The minimum Gasteiger partial charge on any atom is -0.507 e. The van der Waals surface area contributed by atoms with Gasteiger partial charge in [-0.2, -0.15) is 0 Å². The summed E-state index contributed by atoms with van der Waals surface area (Å²) in [6, 6.07) is 18.8. The maximum Gasteiger partial charge on any atom is 0.300 e. The molecule has 1 N–H and O–H groups in total. The first-order valence-electron chi connectivity index (χ1n) is 13.5. The summed E-state index contributed by atoms with van der Waals surface area (Å²) in [7, 11) is 3.87. The summed E-state index contributed by atoms with van der Waals surface area (Å²) in [6.07, 6.45) is 0.778. The van der Waals surface area contributed by atoms with E-state index < -0.39 is 17.7 Å². The lowest BCUT2D eigenvalue weighted by molar-refractivity contribution is -0.132. The van der Waals surface area contributed by atoms with Gasteiger partial charge in [-0.15, -0.1) is 0 Å². The molecule has 1 heterocycles. The Balaban J connectivity index is 1.95. The molecule has 1 unspecified atom stereocenters. The number of nitrogens with zero attached hydrogens (tertiary/aromatic N) is 2. The van der Waals surface area contributed by atoms with Crippen LogP contribution >= 0.6 is 0 Å². The second-order valence-corrected chi connectivity index (χ2v) is 9.50. The molecular formula is C32H36N2O6. The number of anilines is 2. The lowest BCUT2D eigenvalue weighted by Crippen LogP contribution is -2.30. The first kappa shape index (κ1) is 28.5. The van der Waals surface area contributed by atoms with Gasteiger partial charge in [0.25, 0.3) is 11.7 Å². The Hall–Kier alpha value is -4.46. The second-order valence-electron chi connectivity index (χ2n) is 9.50. The fourth-order valence-corrected chi connectivity index (χ4v) is 4.72. The summed E-state index contributed by atoms with van der Waals surface area (Å²) in [5.74, 6) is -0.454. The average molecular weight is 545 g/mol. The molecule has 8 nitrogen and oxygen atoms in total. The summed E-state index contributed by atoms with van der Waals surface area (Å²) in [5.41, 5.74) is 2.35. The van der Waals surface area contributed by atoms with Gasteiger partial charge in [-0.05, 0) is 62.2 Å². The van der Waals surface area contributed by atoms with Crippen molar-refractivity contribution in [3.8, 4) is 17.2 Å². The number of carbonyl (C=O) groups is 2. The number of ketones is 1. The van der Waals surface area contributed by atoms with Crippen LogP contribution in [0.1, 0.15) is 44.4 Å². The van der Waals surface area contributed by atoms with Gasteiger partial charge in [0.1, 0.15) is 23.0 Å². The highest BCUT2D eigenvalue weighted by Gasteiger charge is 2.48. The smallest absolute Gasteiger partial charge is 0.300 e. The minimum atomic E-state index is -0.899. The van der Waals surface area contributed by atoms with E-state index in [-0.39, 0.29) is 11.3 Å². The largest absolute Gasteiger partial charge is 0.507 e. The summed E-state index contributed by atoms with van der Waals surface area (Å²) in [4.78, 5) is 30.8. The molecule has 0 spiro atoms. The molecule has 1 aliphatic rings. The number of hydrogen-bond donors (Lipinski definition) is 1. The van der Waals surface area contributed by atoms with Gasteiger partial charge in [0.05, 0.1) is 42.7 Å². The Morgan fingerprint density at radius 3 is 2.23 bits per heavy atom. The van der Waals surface area contributed by atoms with Crippen molar-refractivity contribution in [3.63, 3.8) is 0 Å². The average Bonchev–Trinajstić information content (AvgIpc) is 3.22. The summed E-state index contributed by atoms with van der Waals surface area (Å²) in [6.45, 7) is 6.95. The van der Waals surface area contributed by atoms with Crippen molar-refractivity contribution >= 4 is 28.8 Å². The zero-order valence-electron chi connectivity index (χ0n) is 23.6. The maximum atomic E-state index is 13.7. The molecule has 0 saturated carbocycles. The number of para-hydroxylation sites is 2. The Morgan fingerprint density at radius 1 is 0.875 bits per heavy atom. The van der Waals surface area contributed by atoms with Crippen LogP contribution in [0.3, 0.4) is 0 Å². The third-order valence-electron chi connectivity index (χ3n) is 6.58. The highest BCUT2D eigenvalue weighted by molar-refractivity contribution is 6.52. The Bertz CT molecular complexity index is 1400. The van der Waals surface area contributed by atoms with Crippen molar-refractivity contribution < 1.29 is 28.9 Å². The molecule has 3 aromatic rings. The number of rotatable bonds is 11. The third kappa shape index (κ3) is 5.61. The number of ether oxygens (including phenoxy) is 3. The molecule has 1 aliphatic heterocycles. The summed E-state index contributed by atoms with van der Waals surface area (Å²) in [5, 5.41) is 11.7. The van der Waals surface area contributed by atoms with Gasteiger partial charge in [0, 0.05) is 25.8 Å². The predicted molar refractivity (Wildman–Crippen MR) is 157 cm³/mol. The molecule has 0 aliphatic carbocycles. The predicted octanol–water partition coefficient (Wildman–Crippen LogP) is 5.97. The number of Topliss-reactive ketones (excluding diaryl/α,β-unsaturated/α-hetero) is 1. The van der Waals surface area contributed by atoms with Gasteiger partial charge in [0.15, 0.2) is 0 Å². The van der Waals surface area contributed by atoms with Crippen molar-refractivity contribution in [3.05, 3.63) is 83.4 Å². The molecule has 0 aromatic heterocycles. The van der Waals surface area contributed by atoms with Crippen LogP contribution in [0, 0.1) is 0 Å². The number of hydrogen-bond acceptors (Lipinski definition) is 7. The van der Waals surface area contributed by atoms with E-state index in [4.69, 9.17) is 14.2 Å². The van der Waals surface area contributed by atoms with E-state index in [1.165, 1.54) is 4.90 Å². The van der Waals surface area contributed by atoms with E-state index in [1.54, 1.807) is 36.4 Å². The highest BCUT2D eigenvalue weighted by atomic mass is 16.5. The number of aliphatic hydroxyl groups excluding tert-OH is 1. The van der Waals surface area contributed by atoms with Crippen LogP contribution in [0.2, 0.25) is 0 Å². The molecule has 210 valence electrons. The molecule has 1 amide bonds. The second kappa shape index (κ2) is 12.6. The molecule has 40 heavy (non-hydrogen) atoms. The molecule has 1 saturated heterocycles. The Kier molecular flexibility index (Phi) is 8.99. The monoisotopic (exact) mass is 544 g/mol. The lowest BCUT2D eigenvalue weighted by atomic mass is 9.94. The molecule has 1 atom stereocenters. The maximum absolute atomic E-state index is 13.7. The fourth-order valence-electron chi connectivity index (χ4n) is 4.72. The van der Waals surface area contributed by atoms with E-state index in [0.29, 0.717) is 53.9 Å². The highest BCUT2D eigenvalue weighted by Crippen LogP contribution is 2.46. The lowest BCUT2D eigenvalue weighted by Gasteiger charge is -2.27. The van der Waals surface area contributed by atoms with Crippen molar-refractivity contribution in [2.75, 3.05) is 43.7 Å². The van der Waals surface area contributed by atoms with Crippen molar-refractivity contribution in [2.24, 2.45) is 0 Å². The van der Waals surface area contributed by atoms with Crippen molar-refractivity contribution in [1.29, 1.82) is 0 Å². The van der Waals surface area contributed by atoms with Crippen LogP contribution in [-0.4, -0.2) is 50.7 Å². The first-order valence-corrected chi connectivity index (χ1v) is 13.5. The molecular weight excluding hydrogens is 508 g/mol. The zero-order chi connectivity index (χ0) is 28.8. The first-order chi connectivity index (χ1) is 19.3. The Morgan fingerprint density at radius 2 is 1.57 bits per heavy atom. The Labute approximate surface area is 235 Å². The quantitative estimate of drug-likeness (QED) is 0.181. The van der Waals surface area contributed by atoms with Gasteiger partial charge in [-0.25, -0.2) is 0 Å². The van der Waals surface area contributed by atoms with Gasteiger partial charge in [-0.1, -0.05) is 31.2 Å². The van der Waals surface area contributed by atoms with Crippen LogP contribution in [-0.2, 0) is 9.59 Å². The number of aliphatic hydroxyl groups is 1. The topological polar surface area (TPSA) is 88.5 Å². The van der Waals surface area contributed by atoms with Crippen molar-refractivity contribution in [1.82, 2.24) is 0 Å². The molecule has 1 fully saturated rings. The molecule has 0 radical (unpaired) electrons. The van der Waals surface area contributed by atoms with Crippen LogP contribution in [0.4, 0.5) is 11.4 Å². The van der Waals surface area contributed by atoms with Crippen LogP contribution < -0.4 is 24.0 Å². The summed E-state index contributed by atoms with van der Waals surface area (Å²) < 4.78 is 17.4. The van der Waals surface area contributed by atoms with Gasteiger partial charge in [0.2, 0.25) is 0 Å². The molecule has 4 rings (SSSR count). The normalized spacial score (nSPS) is 16.2. The number of benzene rings is 3. The van der Waals surface area contributed by atoms with Crippen LogP contribution in [0.25, 0.3) is 5.76 Å².